The molecule has 4 aromatic rings. The van der Waals surface area contributed by atoms with Gasteiger partial charge in [-0.2, -0.15) is 0 Å². The molecule has 3 aromatic carbocycles. The van der Waals surface area contributed by atoms with E-state index >= 15 is 0 Å². The average molecular weight is 759 g/mol. The van der Waals surface area contributed by atoms with Crippen molar-refractivity contribution in [3.05, 3.63) is 122 Å². The van der Waals surface area contributed by atoms with Crippen LogP contribution in [0.2, 0.25) is 0 Å². The summed E-state index contributed by atoms with van der Waals surface area (Å²) in [5.74, 6) is 0.628. The summed E-state index contributed by atoms with van der Waals surface area (Å²) in [4.78, 5) is 32.2. The van der Waals surface area contributed by atoms with Gasteiger partial charge in [-0.25, -0.2) is 9.79 Å². The number of aromatic nitrogens is 1. The largest absolute Gasteiger partial charge is 0.493 e. The van der Waals surface area contributed by atoms with Gasteiger partial charge in [-0.05, 0) is 106 Å². The number of allylic oxidation sites excluding steroid dienone is 1. The maximum absolute atomic E-state index is 13.9. The van der Waals surface area contributed by atoms with Crippen molar-refractivity contribution < 1.29 is 19.0 Å². The lowest BCUT2D eigenvalue weighted by Crippen LogP contribution is -2.39. The van der Waals surface area contributed by atoms with Crippen molar-refractivity contribution in [3.8, 4) is 11.5 Å². The lowest BCUT2D eigenvalue weighted by atomic mass is 9.95. The summed E-state index contributed by atoms with van der Waals surface area (Å²) in [6, 6.07) is 19.0. The highest BCUT2D eigenvalue weighted by Gasteiger charge is 2.33. The number of nitrogens with zero attached hydrogens (tertiary/aromatic N) is 2. The molecular formula is C32H28BrIN2O5S. The Kier molecular flexibility index (Phi) is 9.34. The number of halogens is 2. The molecule has 42 heavy (non-hydrogen) atoms. The number of hydrogen-bond donors (Lipinski definition) is 0. The number of methoxy groups -OCH3 is 1. The fourth-order valence-corrected chi connectivity index (χ4v) is 6.69. The number of carbonyl (C=O) groups excluding carboxylic acids is 1. The minimum Gasteiger partial charge on any atom is -0.493 e. The second-order valence-corrected chi connectivity index (χ2v) is 12.8. The smallest absolute Gasteiger partial charge is 0.338 e. The van der Waals surface area contributed by atoms with Gasteiger partial charge < -0.3 is 14.2 Å². The van der Waals surface area contributed by atoms with Crippen molar-refractivity contribution in [2.45, 2.75) is 33.4 Å². The van der Waals surface area contributed by atoms with Crippen LogP contribution in [0.4, 0.5) is 0 Å². The highest BCUT2D eigenvalue weighted by atomic mass is 127. The van der Waals surface area contributed by atoms with Crippen LogP contribution in [0, 0.1) is 10.5 Å². The Morgan fingerprint density at radius 3 is 2.50 bits per heavy atom. The van der Waals surface area contributed by atoms with Crippen molar-refractivity contribution in [2.75, 3.05) is 13.7 Å². The number of esters is 1. The molecule has 216 valence electrons. The molecule has 1 aromatic heterocycles. The van der Waals surface area contributed by atoms with E-state index in [1.165, 1.54) is 11.3 Å². The van der Waals surface area contributed by atoms with E-state index < -0.39 is 12.0 Å². The highest BCUT2D eigenvalue weighted by molar-refractivity contribution is 14.1. The molecule has 2 heterocycles. The molecule has 0 amide bonds. The Morgan fingerprint density at radius 1 is 1.12 bits per heavy atom. The molecular weight excluding hydrogens is 731 g/mol. The van der Waals surface area contributed by atoms with E-state index in [4.69, 9.17) is 14.2 Å². The first kappa shape index (κ1) is 30.2. The van der Waals surface area contributed by atoms with Crippen molar-refractivity contribution in [1.29, 1.82) is 0 Å². The topological polar surface area (TPSA) is 79.1 Å². The van der Waals surface area contributed by atoms with Gasteiger partial charge in [-0.15, -0.1) is 0 Å². The summed E-state index contributed by atoms with van der Waals surface area (Å²) in [7, 11) is 1.58. The van der Waals surface area contributed by atoms with Gasteiger partial charge in [0.05, 0.1) is 40.0 Å². The Bertz CT molecular complexity index is 1860. The van der Waals surface area contributed by atoms with Gasteiger partial charge >= 0.3 is 5.97 Å². The van der Waals surface area contributed by atoms with Gasteiger partial charge in [0.25, 0.3) is 5.56 Å². The quantitative estimate of drug-likeness (QED) is 0.161. The Labute approximate surface area is 269 Å². The molecule has 0 bridgehead atoms. The molecule has 0 fully saturated rings. The zero-order valence-electron chi connectivity index (χ0n) is 23.4. The van der Waals surface area contributed by atoms with E-state index in [0.717, 1.165) is 25.8 Å². The number of fused-ring (bicyclic) bond motifs is 1. The van der Waals surface area contributed by atoms with E-state index in [-0.39, 0.29) is 12.2 Å². The van der Waals surface area contributed by atoms with Gasteiger partial charge in [0.1, 0.15) is 6.61 Å². The molecule has 1 aliphatic heterocycles. The number of hydrogen-bond acceptors (Lipinski definition) is 7. The van der Waals surface area contributed by atoms with Gasteiger partial charge in [-0.3, -0.25) is 9.36 Å². The third-order valence-corrected chi connectivity index (χ3v) is 9.05. The van der Waals surface area contributed by atoms with Crippen LogP contribution in [0.3, 0.4) is 0 Å². The van der Waals surface area contributed by atoms with Crippen molar-refractivity contribution in [3.63, 3.8) is 0 Å². The fraction of sp³-hybridized carbons (Fsp3) is 0.219. The lowest BCUT2D eigenvalue weighted by molar-refractivity contribution is -0.139. The van der Waals surface area contributed by atoms with Crippen LogP contribution in [-0.2, 0) is 16.1 Å². The summed E-state index contributed by atoms with van der Waals surface area (Å²) in [5, 5.41) is 0. The molecule has 1 aliphatic rings. The molecule has 1 atom stereocenters. The van der Waals surface area contributed by atoms with E-state index in [9.17, 15) is 9.59 Å². The van der Waals surface area contributed by atoms with E-state index in [1.807, 2.05) is 67.6 Å². The van der Waals surface area contributed by atoms with Crippen molar-refractivity contribution >= 4 is 61.9 Å². The monoisotopic (exact) mass is 758 g/mol. The van der Waals surface area contributed by atoms with Crippen LogP contribution in [0.1, 0.15) is 42.1 Å². The Hall–Kier alpha value is -3.22. The summed E-state index contributed by atoms with van der Waals surface area (Å²) in [6.07, 6.45) is 1.80. The number of aryl methyl sites for hydroxylation is 1. The van der Waals surface area contributed by atoms with E-state index in [1.54, 1.807) is 31.6 Å². The minimum atomic E-state index is -0.652. The van der Waals surface area contributed by atoms with Crippen LogP contribution >= 0.6 is 49.9 Å². The number of ether oxygens (including phenoxy) is 3. The summed E-state index contributed by atoms with van der Waals surface area (Å²) in [6.45, 7) is 6.14. The van der Waals surface area contributed by atoms with Gasteiger partial charge in [0.2, 0.25) is 0 Å². The number of rotatable bonds is 8. The van der Waals surface area contributed by atoms with Gasteiger partial charge in [0, 0.05) is 3.57 Å². The maximum Gasteiger partial charge on any atom is 0.338 e. The summed E-state index contributed by atoms with van der Waals surface area (Å²) >= 11 is 7.17. The molecule has 0 saturated heterocycles. The molecule has 7 nitrogen and oxygen atoms in total. The number of thiazole rings is 1. The SMILES string of the molecule is CCOC(=O)C1=C(C)N=c2s/c(=C/c3cc(Br)c(OCc4ccc(I)cc4)c(OC)c3)c(=O)n2[C@@H]1c1ccc(C)cc1. The Balaban J connectivity index is 1.56. The Morgan fingerprint density at radius 2 is 1.83 bits per heavy atom. The number of carbonyl (C=O) groups is 1. The van der Waals surface area contributed by atoms with E-state index in [2.05, 4.69) is 43.5 Å². The molecule has 0 aliphatic carbocycles. The van der Waals surface area contributed by atoms with Crippen LogP contribution < -0.4 is 24.4 Å². The maximum atomic E-state index is 13.9. The van der Waals surface area contributed by atoms with Gasteiger partial charge in [-0.1, -0.05) is 53.3 Å². The predicted octanol–water partition coefficient (Wildman–Crippen LogP) is 6.06. The second kappa shape index (κ2) is 13.0. The minimum absolute atomic E-state index is 0.224. The molecule has 0 unspecified atom stereocenters. The van der Waals surface area contributed by atoms with Gasteiger partial charge in [0.15, 0.2) is 16.3 Å². The van der Waals surface area contributed by atoms with E-state index in [0.29, 0.717) is 43.2 Å². The second-order valence-electron chi connectivity index (χ2n) is 9.66. The summed E-state index contributed by atoms with van der Waals surface area (Å²) < 4.78 is 21.1. The molecule has 5 rings (SSSR count). The van der Waals surface area contributed by atoms with Crippen molar-refractivity contribution in [2.24, 2.45) is 4.99 Å². The normalized spacial score (nSPS) is 14.8. The zero-order chi connectivity index (χ0) is 30.0. The lowest BCUT2D eigenvalue weighted by Gasteiger charge is -2.24. The third-order valence-electron chi connectivity index (χ3n) is 6.76. The average Bonchev–Trinajstić information content (AvgIpc) is 3.26. The van der Waals surface area contributed by atoms with Crippen LogP contribution in [0.25, 0.3) is 6.08 Å². The van der Waals surface area contributed by atoms with Crippen LogP contribution in [0.5, 0.6) is 11.5 Å². The first-order chi connectivity index (χ1) is 20.2. The molecule has 0 radical (unpaired) electrons. The number of benzene rings is 3. The van der Waals surface area contributed by atoms with Crippen molar-refractivity contribution in [1.82, 2.24) is 4.57 Å². The standard InChI is InChI=1S/C32H28BrIN2O5S/c1-5-40-31(38)27-19(3)35-32-36(28(27)22-10-6-18(2)7-11-22)30(37)26(42-32)16-21-14-24(33)29(25(15-21)39-4)41-17-20-8-12-23(34)13-9-20/h6-16,28H,5,17H2,1-4H3/b26-16+/t28-/m1/s1. The molecule has 10 heteroatoms. The first-order valence-corrected chi connectivity index (χ1v) is 15.9. The first-order valence-electron chi connectivity index (χ1n) is 13.2. The molecule has 0 spiro atoms. The summed E-state index contributed by atoms with van der Waals surface area (Å²) in [5.41, 5.74) is 4.32. The molecule has 0 saturated carbocycles. The fourth-order valence-electron chi connectivity index (χ4n) is 4.71. The van der Waals surface area contributed by atoms with Crippen LogP contribution in [0.15, 0.2) is 86.2 Å². The van der Waals surface area contributed by atoms with Crippen LogP contribution in [-0.4, -0.2) is 24.3 Å². The zero-order valence-corrected chi connectivity index (χ0v) is 28.0. The third kappa shape index (κ3) is 6.25. The molecule has 0 N–H and O–H groups in total. The predicted molar refractivity (Wildman–Crippen MR) is 176 cm³/mol. The highest BCUT2D eigenvalue weighted by Crippen LogP contribution is 2.37.